The first-order valence-electron chi connectivity index (χ1n) is 5.35. The molecule has 1 saturated carbocycles. The molecule has 1 rings (SSSR count). The lowest BCUT2D eigenvalue weighted by Crippen LogP contribution is -2.19. The second-order valence-electron chi connectivity index (χ2n) is 4.39. The van der Waals surface area contributed by atoms with Crippen molar-refractivity contribution in [1.82, 2.24) is 5.32 Å². The Hall–Kier alpha value is -0.530. The summed E-state index contributed by atoms with van der Waals surface area (Å²) in [4.78, 5) is 11.0. The first-order valence-corrected chi connectivity index (χ1v) is 5.35. The van der Waals surface area contributed by atoms with Gasteiger partial charge in [0.2, 0.25) is 5.91 Å². The van der Waals surface area contributed by atoms with Crippen molar-refractivity contribution < 1.29 is 4.79 Å². The largest absolute Gasteiger partial charge is 0.359 e. The molecule has 3 atom stereocenters. The van der Waals surface area contributed by atoms with Crippen molar-refractivity contribution in [2.24, 2.45) is 17.8 Å². The standard InChI is InChI=1S/C11H21NO/c1-8-4-5-10(9(8)2)6-7-11(13)12-3/h8-10H,4-7H2,1-3H3,(H,12,13)/t8-,9-,10-/m1/s1. The number of hydrogen-bond donors (Lipinski definition) is 1. The minimum atomic E-state index is 0.187. The average Bonchev–Trinajstić information content (AvgIpc) is 2.44. The predicted molar refractivity (Wildman–Crippen MR) is 54.4 cm³/mol. The normalized spacial score (nSPS) is 33.3. The summed E-state index contributed by atoms with van der Waals surface area (Å²) in [5.74, 6) is 2.64. The minimum Gasteiger partial charge on any atom is -0.359 e. The van der Waals surface area contributed by atoms with Gasteiger partial charge >= 0.3 is 0 Å². The van der Waals surface area contributed by atoms with Crippen molar-refractivity contribution in [3.63, 3.8) is 0 Å². The second-order valence-corrected chi connectivity index (χ2v) is 4.39. The molecule has 0 aromatic rings. The molecule has 0 spiro atoms. The van der Waals surface area contributed by atoms with Gasteiger partial charge in [0.25, 0.3) is 0 Å². The van der Waals surface area contributed by atoms with E-state index < -0.39 is 0 Å². The van der Waals surface area contributed by atoms with E-state index in [4.69, 9.17) is 0 Å². The van der Waals surface area contributed by atoms with Gasteiger partial charge in [-0.05, 0) is 30.6 Å². The second kappa shape index (κ2) is 4.64. The number of carbonyl (C=O) groups is 1. The Morgan fingerprint density at radius 3 is 2.54 bits per heavy atom. The molecule has 0 bridgehead atoms. The smallest absolute Gasteiger partial charge is 0.219 e. The minimum absolute atomic E-state index is 0.187. The lowest BCUT2D eigenvalue weighted by Gasteiger charge is -2.17. The van der Waals surface area contributed by atoms with Crippen LogP contribution in [-0.2, 0) is 4.79 Å². The first kappa shape index (κ1) is 10.6. The van der Waals surface area contributed by atoms with Crippen LogP contribution < -0.4 is 5.32 Å². The highest BCUT2D eigenvalue weighted by Gasteiger charge is 2.29. The van der Waals surface area contributed by atoms with Gasteiger partial charge in [-0.1, -0.05) is 20.3 Å². The molecular weight excluding hydrogens is 162 g/mol. The SMILES string of the molecule is CNC(=O)CC[C@H]1CC[C@@H](C)[C@H]1C. The zero-order chi connectivity index (χ0) is 9.84. The lowest BCUT2D eigenvalue weighted by atomic mass is 9.89. The van der Waals surface area contributed by atoms with Gasteiger partial charge in [0.1, 0.15) is 0 Å². The maximum Gasteiger partial charge on any atom is 0.219 e. The highest BCUT2D eigenvalue weighted by molar-refractivity contribution is 5.75. The van der Waals surface area contributed by atoms with Crippen molar-refractivity contribution in [2.75, 3.05) is 7.05 Å². The van der Waals surface area contributed by atoms with Crippen molar-refractivity contribution in [2.45, 2.75) is 39.5 Å². The number of hydrogen-bond acceptors (Lipinski definition) is 1. The number of rotatable bonds is 3. The molecule has 0 aromatic carbocycles. The summed E-state index contributed by atoms with van der Waals surface area (Å²) < 4.78 is 0. The van der Waals surface area contributed by atoms with E-state index in [0.717, 1.165) is 24.2 Å². The fourth-order valence-electron chi connectivity index (χ4n) is 2.32. The number of amides is 1. The Morgan fingerprint density at radius 2 is 2.08 bits per heavy atom. The van der Waals surface area contributed by atoms with Crippen LogP contribution in [0.4, 0.5) is 0 Å². The Kier molecular flexibility index (Phi) is 3.76. The van der Waals surface area contributed by atoms with Crippen LogP contribution in [0.2, 0.25) is 0 Å². The van der Waals surface area contributed by atoms with Crippen molar-refractivity contribution in [3.05, 3.63) is 0 Å². The molecule has 0 radical (unpaired) electrons. The van der Waals surface area contributed by atoms with E-state index >= 15 is 0 Å². The molecule has 0 saturated heterocycles. The van der Waals surface area contributed by atoms with Crippen LogP contribution in [0, 0.1) is 17.8 Å². The van der Waals surface area contributed by atoms with Crippen LogP contribution in [0.1, 0.15) is 39.5 Å². The number of nitrogens with one attached hydrogen (secondary N) is 1. The Morgan fingerprint density at radius 1 is 1.38 bits per heavy atom. The molecule has 0 heterocycles. The zero-order valence-electron chi connectivity index (χ0n) is 8.97. The van der Waals surface area contributed by atoms with Crippen LogP contribution in [0.15, 0.2) is 0 Å². The van der Waals surface area contributed by atoms with Gasteiger partial charge in [-0.15, -0.1) is 0 Å². The quantitative estimate of drug-likeness (QED) is 0.714. The molecule has 0 aromatic heterocycles. The van der Waals surface area contributed by atoms with E-state index in [1.54, 1.807) is 7.05 Å². The fraction of sp³-hybridized carbons (Fsp3) is 0.909. The summed E-state index contributed by atoms with van der Waals surface area (Å²) in [7, 11) is 1.71. The van der Waals surface area contributed by atoms with Gasteiger partial charge in [0.05, 0.1) is 0 Å². The molecule has 0 aliphatic heterocycles. The number of carbonyl (C=O) groups excluding carboxylic acids is 1. The topological polar surface area (TPSA) is 29.1 Å². The van der Waals surface area contributed by atoms with Gasteiger partial charge in [-0.3, -0.25) is 4.79 Å². The Bertz CT molecular complexity index is 179. The van der Waals surface area contributed by atoms with Crippen molar-refractivity contribution in [3.8, 4) is 0 Å². The maximum absolute atomic E-state index is 11.0. The molecule has 1 aliphatic carbocycles. The molecule has 0 unspecified atom stereocenters. The third kappa shape index (κ3) is 2.71. The maximum atomic E-state index is 11.0. The molecule has 1 amide bonds. The van der Waals surface area contributed by atoms with E-state index in [-0.39, 0.29) is 5.91 Å². The average molecular weight is 183 g/mol. The molecule has 2 nitrogen and oxygen atoms in total. The summed E-state index contributed by atoms with van der Waals surface area (Å²) in [6.45, 7) is 4.65. The molecule has 76 valence electrons. The first-order chi connectivity index (χ1) is 6.15. The predicted octanol–water partition coefficient (Wildman–Crippen LogP) is 2.19. The van der Waals surface area contributed by atoms with Crippen molar-refractivity contribution >= 4 is 5.91 Å². The Balaban J connectivity index is 2.26. The van der Waals surface area contributed by atoms with Crippen LogP contribution in [0.5, 0.6) is 0 Å². The van der Waals surface area contributed by atoms with Crippen LogP contribution in [0.3, 0.4) is 0 Å². The van der Waals surface area contributed by atoms with E-state index in [1.807, 2.05) is 0 Å². The lowest BCUT2D eigenvalue weighted by molar-refractivity contribution is -0.120. The van der Waals surface area contributed by atoms with Gasteiger partial charge < -0.3 is 5.32 Å². The third-order valence-corrected chi connectivity index (χ3v) is 3.65. The van der Waals surface area contributed by atoms with E-state index in [1.165, 1.54) is 12.8 Å². The van der Waals surface area contributed by atoms with Crippen LogP contribution >= 0.6 is 0 Å². The molecule has 1 fully saturated rings. The summed E-state index contributed by atoms with van der Waals surface area (Å²) >= 11 is 0. The molecular formula is C11H21NO. The summed E-state index contributed by atoms with van der Waals surface area (Å²) in [5, 5.41) is 2.68. The van der Waals surface area contributed by atoms with E-state index in [2.05, 4.69) is 19.2 Å². The summed E-state index contributed by atoms with van der Waals surface area (Å²) in [6.07, 6.45) is 4.45. The van der Waals surface area contributed by atoms with Gasteiger partial charge in [0, 0.05) is 13.5 Å². The van der Waals surface area contributed by atoms with Gasteiger partial charge in [-0.2, -0.15) is 0 Å². The monoisotopic (exact) mass is 183 g/mol. The highest BCUT2D eigenvalue weighted by Crippen LogP contribution is 2.38. The summed E-state index contributed by atoms with van der Waals surface area (Å²) in [6, 6.07) is 0. The van der Waals surface area contributed by atoms with E-state index in [0.29, 0.717) is 6.42 Å². The fourth-order valence-corrected chi connectivity index (χ4v) is 2.32. The Labute approximate surface area is 81.1 Å². The van der Waals surface area contributed by atoms with E-state index in [9.17, 15) is 4.79 Å². The zero-order valence-corrected chi connectivity index (χ0v) is 8.97. The molecule has 2 heteroatoms. The molecule has 13 heavy (non-hydrogen) atoms. The van der Waals surface area contributed by atoms with Crippen LogP contribution in [0.25, 0.3) is 0 Å². The third-order valence-electron chi connectivity index (χ3n) is 3.65. The van der Waals surface area contributed by atoms with Gasteiger partial charge in [0.15, 0.2) is 0 Å². The van der Waals surface area contributed by atoms with Crippen molar-refractivity contribution in [1.29, 1.82) is 0 Å². The molecule has 1 aliphatic rings. The summed E-state index contributed by atoms with van der Waals surface area (Å²) in [5.41, 5.74) is 0. The highest BCUT2D eigenvalue weighted by atomic mass is 16.1. The molecule has 1 N–H and O–H groups in total. The van der Waals surface area contributed by atoms with Gasteiger partial charge in [-0.25, -0.2) is 0 Å². The van der Waals surface area contributed by atoms with Crippen LogP contribution in [-0.4, -0.2) is 13.0 Å².